The highest BCUT2D eigenvalue weighted by atomic mass is 16.5. The van der Waals surface area contributed by atoms with Crippen molar-refractivity contribution >= 4 is 33.4 Å². The van der Waals surface area contributed by atoms with Crippen LogP contribution in [-0.2, 0) is 11.3 Å². The molecule has 1 saturated heterocycles. The number of aromatic nitrogens is 2. The van der Waals surface area contributed by atoms with Gasteiger partial charge in [0.2, 0.25) is 5.91 Å². The van der Waals surface area contributed by atoms with E-state index in [2.05, 4.69) is 65.2 Å². The Morgan fingerprint density at radius 2 is 1.68 bits per heavy atom. The summed E-state index contributed by atoms with van der Waals surface area (Å²) in [6, 6.07) is 30.8. The molecule has 1 amide bonds. The van der Waals surface area contributed by atoms with Crippen molar-refractivity contribution in [2.24, 2.45) is 0 Å². The molecule has 5 heteroatoms. The van der Waals surface area contributed by atoms with Gasteiger partial charge in [-0.1, -0.05) is 54.6 Å². The monoisotopic (exact) mass is 447 g/mol. The number of carbonyl (C=O) groups is 1. The highest BCUT2D eigenvalue weighted by molar-refractivity contribution is 5.96. The van der Waals surface area contributed by atoms with Gasteiger partial charge in [0, 0.05) is 31.1 Å². The molecule has 168 valence electrons. The molecule has 0 spiro atoms. The predicted octanol–water partition coefficient (Wildman–Crippen LogP) is 5.77. The Morgan fingerprint density at radius 1 is 0.912 bits per heavy atom. The first-order valence-corrected chi connectivity index (χ1v) is 11.6. The smallest absolute Gasteiger partial charge is 0.227 e. The molecule has 0 unspecified atom stereocenters. The highest BCUT2D eigenvalue weighted by Crippen LogP contribution is 2.34. The van der Waals surface area contributed by atoms with Crippen LogP contribution in [-0.4, -0.2) is 29.1 Å². The molecule has 0 aliphatic carbocycles. The van der Waals surface area contributed by atoms with Crippen LogP contribution < -0.4 is 9.64 Å². The van der Waals surface area contributed by atoms with Crippen LogP contribution in [0.4, 0.5) is 5.69 Å². The average molecular weight is 448 g/mol. The summed E-state index contributed by atoms with van der Waals surface area (Å²) in [5.74, 6) is 1.90. The lowest BCUT2D eigenvalue weighted by Gasteiger charge is -2.18. The Labute approximate surface area is 198 Å². The number of anilines is 1. The fraction of sp³-hybridized carbons (Fsp3) is 0.172. The minimum Gasteiger partial charge on any atom is -0.497 e. The van der Waals surface area contributed by atoms with Gasteiger partial charge in [-0.05, 0) is 52.7 Å². The van der Waals surface area contributed by atoms with Crippen LogP contribution in [0.1, 0.15) is 23.7 Å². The van der Waals surface area contributed by atoms with E-state index in [1.807, 2.05) is 35.2 Å². The van der Waals surface area contributed by atoms with Gasteiger partial charge in [-0.25, -0.2) is 4.98 Å². The largest absolute Gasteiger partial charge is 0.497 e. The number of hydrogen-bond acceptors (Lipinski definition) is 3. The van der Waals surface area contributed by atoms with E-state index in [-0.39, 0.29) is 11.8 Å². The topological polar surface area (TPSA) is 47.4 Å². The second-order valence-electron chi connectivity index (χ2n) is 8.79. The van der Waals surface area contributed by atoms with Crippen LogP contribution in [0.15, 0.2) is 91.0 Å². The van der Waals surface area contributed by atoms with Crippen LogP contribution in [0, 0.1) is 0 Å². The van der Waals surface area contributed by atoms with E-state index in [4.69, 9.17) is 9.72 Å². The maximum atomic E-state index is 13.0. The van der Waals surface area contributed by atoms with Crippen molar-refractivity contribution in [3.63, 3.8) is 0 Å². The molecule has 1 fully saturated rings. The maximum absolute atomic E-state index is 13.0. The number of benzene rings is 4. The van der Waals surface area contributed by atoms with E-state index in [1.54, 1.807) is 7.11 Å². The van der Waals surface area contributed by atoms with Gasteiger partial charge < -0.3 is 14.2 Å². The van der Waals surface area contributed by atoms with Crippen molar-refractivity contribution in [1.29, 1.82) is 0 Å². The third kappa shape index (κ3) is 3.50. The van der Waals surface area contributed by atoms with Gasteiger partial charge in [-0.2, -0.15) is 0 Å². The van der Waals surface area contributed by atoms with Crippen molar-refractivity contribution in [2.45, 2.75) is 18.9 Å². The quantitative estimate of drug-likeness (QED) is 0.344. The standard InChI is InChI=1S/C29H25N3O2/c1-34-24-15-13-23(14-16-24)31-19-22(17-28(31)33)29-30-26-11-4-5-12-27(26)32(29)18-21-9-6-8-20-7-2-3-10-25(20)21/h2-16,22H,17-19H2,1H3/t22-/m0/s1. The summed E-state index contributed by atoms with van der Waals surface area (Å²) in [6.07, 6.45) is 0.449. The van der Waals surface area contributed by atoms with Gasteiger partial charge in [0.1, 0.15) is 11.6 Å². The molecule has 4 aromatic carbocycles. The molecule has 5 nitrogen and oxygen atoms in total. The summed E-state index contributed by atoms with van der Waals surface area (Å²) >= 11 is 0. The van der Waals surface area contributed by atoms with Gasteiger partial charge in [0.25, 0.3) is 0 Å². The first kappa shape index (κ1) is 20.5. The first-order chi connectivity index (χ1) is 16.7. The number of ether oxygens (including phenoxy) is 1. The molecule has 0 saturated carbocycles. The SMILES string of the molecule is COc1ccc(N2C[C@@H](c3nc4ccccc4n3Cc3cccc4ccccc34)CC2=O)cc1. The number of amides is 1. The maximum Gasteiger partial charge on any atom is 0.227 e. The summed E-state index contributed by atoms with van der Waals surface area (Å²) in [4.78, 5) is 19.9. The van der Waals surface area contributed by atoms with E-state index in [9.17, 15) is 4.79 Å². The molecule has 1 atom stereocenters. The number of nitrogens with zero attached hydrogens (tertiary/aromatic N) is 3. The van der Waals surface area contributed by atoms with Crippen molar-refractivity contribution in [3.05, 3.63) is 102 Å². The van der Waals surface area contributed by atoms with E-state index in [0.29, 0.717) is 19.5 Å². The van der Waals surface area contributed by atoms with Gasteiger partial charge in [0.15, 0.2) is 0 Å². The van der Waals surface area contributed by atoms with Gasteiger partial charge in [0.05, 0.1) is 18.1 Å². The number of carbonyl (C=O) groups excluding carboxylic acids is 1. The van der Waals surface area contributed by atoms with Crippen molar-refractivity contribution in [2.75, 3.05) is 18.6 Å². The van der Waals surface area contributed by atoms with Crippen LogP contribution in [0.25, 0.3) is 21.8 Å². The van der Waals surface area contributed by atoms with Crippen molar-refractivity contribution in [3.8, 4) is 5.75 Å². The van der Waals surface area contributed by atoms with Crippen LogP contribution >= 0.6 is 0 Å². The summed E-state index contributed by atoms with van der Waals surface area (Å²) in [7, 11) is 1.65. The molecule has 0 radical (unpaired) electrons. The zero-order valence-electron chi connectivity index (χ0n) is 19.0. The number of methoxy groups -OCH3 is 1. The molecule has 0 N–H and O–H groups in total. The second kappa shape index (κ2) is 8.34. The molecule has 5 aromatic rings. The molecule has 2 heterocycles. The van der Waals surface area contributed by atoms with Crippen LogP contribution in [0.2, 0.25) is 0 Å². The van der Waals surface area contributed by atoms with Crippen molar-refractivity contribution in [1.82, 2.24) is 9.55 Å². The third-order valence-corrected chi connectivity index (χ3v) is 6.77. The molecule has 0 bridgehead atoms. The molecule has 6 rings (SSSR count). The van der Waals surface area contributed by atoms with Gasteiger partial charge in [-0.15, -0.1) is 0 Å². The normalized spacial score (nSPS) is 16.0. The summed E-state index contributed by atoms with van der Waals surface area (Å²) < 4.78 is 7.57. The van der Waals surface area contributed by atoms with Crippen LogP contribution in [0.5, 0.6) is 5.75 Å². The van der Waals surface area contributed by atoms with Crippen molar-refractivity contribution < 1.29 is 9.53 Å². The third-order valence-electron chi connectivity index (χ3n) is 6.77. The fourth-order valence-corrected chi connectivity index (χ4v) is 5.06. The minimum atomic E-state index is 0.0250. The second-order valence-corrected chi connectivity index (χ2v) is 8.79. The first-order valence-electron chi connectivity index (χ1n) is 11.6. The van der Waals surface area contributed by atoms with E-state index in [1.165, 1.54) is 16.3 Å². The Kier molecular flexibility index (Phi) is 5.02. The lowest BCUT2D eigenvalue weighted by Crippen LogP contribution is -2.24. The van der Waals surface area contributed by atoms with E-state index >= 15 is 0 Å². The van der Waals surface area contributed by atoms with Crippen LogP contribution in [0.3, 0.4) is 0 Å². The zero-order valence-corrected chi connectivity index (χ0v) is 19.0. The predicted molar refractivity (Wildman–Crippen MR) is 135 cm³/mol. The average Bonchev–Trinajstić information content (AvgIpc) is 3.45. The lowest BCUT2D eigenvalue weighted by atomic mass is 10.0. The molecular formula is C29H25N3O2. The Morgan fingerprint density at radius 3 is 2.53 bits per heavy atom. The molecule has 1 aliphatic rings. The molecule has 1 aliphatic heterocycles. The lowest BCUT2D eigenvalue weighted by molar-refractivity contribution is -0.117. The number of hydrogen-bond donors (Lipinski definition) is 0. The van der Waals surface area contributed by atoms with Gasteiger partial charge >= 0.3 is 0 Å². The highest BCUT2D eigenvalue weighted by Gasteiger charge is 2.35. The summed E-state index contributed by atoms with van der Waals surface area (Å²) in [5, 5.41) is 2.48. The molecular weight excluding hydrogens is 422 g/mol. The number of fused-ring (bicyclic) bond motifs is 2. The zero-order chi connectivity index (χ0) is 23.1. The number of imidazole rings is 1. The summed E-state index contributed by atoms with van der Waals surface area (Å²) in [6.45, 7) is 1.33. The Balaban J connectivity index is 1.39. The summed E-state index contributed by atoms with van der Waals surface area (Å²) in [5.41, 5.74) is 4.21. The Bertz CT molecular complexity index is 1500. The molecule has 34 heavy (non-hydrogen) atoms. The van der Waals surface area contributed by atoms with E-state index in [0.717, 1.165) is 28.3 Å². The van der Waals surface area contributed by atoms with Gasteiger partial charge in [-0.3, -0.25) is 4.79 Å². The minimum absolute atomic E-state index is 0.0250. The number of para-hydroxylation sites is 2. The Hall–Kier alpha value is -4.12. The number of rotatable bonds is 5. The van der Waals surface area contributed by atoms with E-state index < -0.39 is 0 Å². The molecule has 1 aromatic heterocycles. The fourth-order valence-electron chi connectivity index (χ4n) is 5.06.